The zero-order valence-electron chi connectivity index (χ0n) is 7.31. The molecule has 0 aromatic rings. The molecule has 0 saturated heterocycles. The molecule has 3 atom stereocenters. The van der Waals surface area contributed by atoms with Gasteiger partial charge in [-0.2, -0.15) is 0 Å². The average Bonchev–Trinajstić information content (AvgIpc) is 1.85. The highest BCUT2D eigenvalue weighted by atomic mass is 127. The zero-order valence-corrected chi connectivity index (χ0v) is 9.47. The molecule has 0 aliphatic heterocycles. The second-order valence-corrected chi connectivity index (χ2v) is 6.55. The van der Waals surface area contributed by atoms with E-state index in [4.69, 9.17) is 0 Å². The monoisotopic (exact) mass is 265 g/mol. The van der Waals surface area contributed by atoms with Crippen LogP contribution >= 0.6 is 22.6 Å². The van der Waals surface area contributed by atoms with E-state index in [-0.39, 0.29) is 0 Å². The van der Waals surface area contributed by atoms with Gasteiger partial charge in [-0.25, -0.2) is 0 Å². The molecule has 3 unspecified atom stereocenters. The third kappa shape index (κ3) is 1.22. The Morgan fingerprint density at radius 1 is 1.55 bits per heavy atom. The van der Waals surface area contributed by atoms with Gasteiger partial charge >= 0.3 is 0 Å². The summed E-state index contributed by atoms with van der Waals surface area (Å²) < 4.78 is 0.762. The van der Waals surface area contributed by atoms with E-state index in [9.17, 15) is 0 Å². The molecule has 11 heavy (non-hydrogen) atoms. The maximum absolute atomic E-state index is 2.68. The number of alkyl halides is 1. The van der Waals surface area contributed by atoms with Gasteiger partial charge in [0.25, 0.3) is 0 Å². The molecule has 1 nitrogen and oxygen atoms in total. The first-order valence-corrected chi connectivity index (χ1v) is 5.53. The summed E-state index contributed by atoms with van der Waals surface area (Å²) in [6, 6.07) is 0. The Bertz CT molecular complexity index is 167. The normalized spacial score (nSPS) is 48.0. The maximum atomic E-state index is 2.68. The molecule has 0 N–H and O–H groups in total. The Morgan fingerprint density at radius 3 is 2.55 bits per heavy atom. The number of fused-ring (bicyclic) bond motifs is 1. The smallest absolute Gasteiger partial charge is 0.0257 e. The van der Waals surface area contributed by atoms with Crippen molar-refractivity contribution in [3.63, 3.8) is 0 Å². The van der Waals surface area contributed by atoms with Gasteiger partial charge in [-0.05, 0) is 45.2 Å². The molecule has 2 rings (SSSR count). The van der Waals surface area contributed by atoms with Crippen LogP contribution < -0.4 is 0 Å². The van der Waals surface area contributed by atoms with Crippen LogP contribution in [0.2, 0.25) is 0 Å². The van der Waals surface area contributed by atoms with Crippen molar-refractivity contribution in [2.24, 2.45) is 11.8 Å². The van der Waals surface area contributed by atoms with Crippen LogP contribution in [0.15, 0.2) is 0 Å². The molecule has 2 saturated carbocycles. The molecule has 2 aliphatic carbocycles. The van der Waals surface area contributed by atoms with Gasteiger partial charge in [-0.15, -0.1) is 0 Å². The van der Waals surface area contributed by atoms with Crippen molar-refractivity contribution in [1.82, 2.24) is 4.90 Å². The fourth-order valence-electron chi connectivity index (χ4n) is 2.61. The van der Waals surface area contributed by atoms with Crippen molar-refractivity contribution in [2.45, 2.75) is 22.7 Å². The number of nitrogens with zero attached hydrogens (tertiary/aromatic N) is 1. The molecular weight excluding hydrogens is 249 g/mol. The molecule has 0 aromatic carbocycles. The van der Waals surface area contributed by atoms with E-state index in [1.807, 2.05) is 0 Å². The van der Waals surface area contributed by atoms with Crippen LogP contribution in [-0.2, 0) is 0 Å². The second-order valence-electron chi connectivity index (χ2n) is 4.41. The highest BCUT2D eigenvalue weighted by Crippen LogP contribution is 2.63. The Labute approximate surface area is 82.7 Å². The minimum absolute atomic E-state index is 0.762. The van der Waals surface area contributed by atoms with Crippen LogP contribution in [0.4, 0.5) is 0 Å². The molecular formula is C9H16IN. The summed E-state index contributed by atoms with van der Waals surface area (Å²) in [5.41, 5.74) is 0. The highest BCUT2D eigenvalue weighted by Gasteiger charge is 2.57. The van der Waals surface area contributed by atoms with Crippen LogP contribution in [0.1, 0.15) is 19.3 Å². The van der Waals surface area contributed by atoms with E-state index in [1.54, 1.807) is 0 Å². The van der Waals surface area contributed by atoms with E-state index < -0.39 is 0 Å². The van der Waals surface area contributed by atoms with Crippen LogP contribution in [0.5, 0.6) is 0 Å². The Hall–Kier alpha value is 0.690. The first-order chi connectivity index (χ1) is 5.12. The van der Waals surface area contributed by atoms with Crippen LogP contribution in [0.25, 0.3) is 0 Å². The third-order valence-electron chi connectivity index (χ3n) is 3.31. The van der Waals surface area contributed by atoms with E-state index in [2.05, 4.69) is 41.6 Å². The molecule has 2 fully saturated rings. The van der Waals surface area contributed by atoms with Gasteiger partial charge in [-0.1, -0.05) is 22.6 Å². The zero-order chi connectivity index (χ0) is 8.06. The first kappa shape index (κ1) is 8.30. The maximum Gasteiger partial charge on any atom is 0.0257 e. The van der Waals surface area contributed by atoms with Gasteiger partial charge in [0.05, 0.1) is 0 Å². The Kier molecular flexibility index (Phi) is 1.95. The summed E-state index contributed by atoms with van der Waals surface area (Å²) in [7, 11) is 4.37. The summed E-state index contributed by atoms with van der Waals surface area (Å²) in [5.74, 6) is 2.10. The van der Waals surface area contributed by atoms with E-state index in [0.29, 0.717) is 0 Å². The van der Waals surface area contributed by atoms with Crippen molar-refractivity contribution >= 4 is 22.6 Å². The molecule has 0 heterocycles. The van der Waals surface area contributed by atoms with Crippen molar-refractivity contribution in [3.8, 4) is 0 Å². The Morgan fingerprint density at radius 2 is 2.27 bits per heavy atom. The van der Waals surface area contributed by atoms with E-state index in [0.717, 1.165) is 15.3 Å². The van der Waals surface area contributed by atoms with Crippen LogP contribution in [0, 0.1) is 11.8 Å². The molecule has 0 radical (unpaired) electrons. The molecule has 2 heteroatoms. The summed E-state index contributed by atoms with van der Waals surface area (Å²) in [4.78, 5) is 2.33. The van der Waals surface area contributed by atoms with Gasteiger partial charge in [-0.3, -0.25) is 0 Å². The molecule has 0 spiro atoms. The van der Waals surface area contributed by atoms with Gasteiger partial charge in [0.15, 0.2) is 0 Å². The van der Waals surface area contributed by atoms with Crippen molar-refractivity contribution < 1.29 is 0 Å². The minimum atomic E-state index is 0.762. The van der Waals surface area contributed by atoms with Gasteiger partial charge < -0.3 is 4.90 Å². The average molecular weight is 265 g/mol. The summed E-state index contributed by atoms with van der Waals surface area (Å²) >= 11 is 2.68. The number of hydrogen-bond donors (Lipinski definition) is 0. The molecule has 0 amide bonds. The Balaban J connectivity index is 1.84. The SMILES string of the molecule is CN(C)CC1CC2(I)CCC12. The lowest BCUT2D eigenvalue weighted by atomic mass is 9.53. The quantitative estimate of drug-likeness (QED) is 0.546. The number of rotatable bonds is 2. The van der Waals surface area contributed by atoms with Crippen molar-refractivity contribution in [3.05, 3.63) is 0 Å². The standard InChI is InChI=1S/C9H16IN/c1-11(2)6-7-5-9(10)4-3-8(7)9/h7-8H,3-6H2,1-2H3. The molecule has 64 valence electrons. The topological polar surface area (TPSA) is 3.24 Å². The molecule has 0 aromatic heterocycles. The summed E-state index contributed by atoms with van der Waals surface area (Å²) in [6.45, 7) is 1.31. The van der Waals surface area contributed by atoms with E-state index >= 15 is 0 Å². The lowest BCUT2D eigenvalue weighted by Crippen LogP contribution is -2.59. The summed E-state index contributed by atoms with van der Waals surface area (Å²) in [5, 5.41) is 0. The lowest BCUT2D eigenvalue weighted by molar-refractivity contribution is 0.00672. The predicted octanol–water partition coefficient (Wildman–Crippen LogP) is 2.15. The summed E-state index contributed by atoms with van der Waals surface area (Å²) in [6.07, 6.45) is 4.47. The number of hydrogen-bond acceptors (Lipinski definition) is 1. The fraction of sp³-hybridized carbons (Fsp3) is 1.00. The second kappa shape index (κ2) is 2.59. The minimum Gasteiger partial charge on any atom is -0.309 e. The predicted molar refractivity (Wildman–Crippen MR) is 56.1 cm³/mol. The van der Waals surface area contributed by atoms with Gasteiger partial charge in [0, 0.05) is 9.97 Å². The van der Waals surface area contributed by atoms with Crippen molar-refractivity contribution in [2.75, 3.05) is 20.6 Å². The van der Waals surface area contributed by atoms with E-state index in [1.165, 1.54) is 25.8 Å². The van der Waals surface area contributed by atoms with Crippen LogP contribution in [0.3, 0.4) is 0 Å². The fourth-order valence-corrected chi connectivity index (χ4v) is 4.31. The largest absolute Gasteiger partial charge is 0.309 e. The molecule has 2 aliphatic rings. The number of halogens is 1. The van der Waals surface area contributed by atoms with Crippen molar-refractivity contribution in [1.29, 1.82) is 0 Å². The highest BCUT2D eigenvalue weighted by molar-refractivity contribution is 14.1. The van der Waals surface area contributed by atoms with Crippen LogP contribution in [-0.4, -0.2) is 29.0 Å². The van der Waals surface area contributed by atoms with Gasteiger partial charge in [0.2, 0.25) is 0 Å². The van der Waals surface area contributed by atoms with Gasteiger partial charge in [0.1, 0.15) is 0 Å². The lowest BCUT2D eigenvalue weighted by Gasteiger charge is -2.61. The third-order valence-corrected chi connectivity index (χ3v) is 5.09. The first-order valence-electron chi connectivity index (χ1n) is 4.45. The molecule has 0 bridgehead atoms.